The fraction of sp³-hybridized carbons (Fsp3) is 0.545. The van der Waals surface area contributed by atoms with Crippen molar-refractivity contribution >= 4 is 17.5 Å². The molecule has 0 bridgehead atoms. The predicted octanol–water partition coefficient (Wildman–Crippen LogP) is -0.385. The first kappa shape index (κ1) is 13.3. The van der Waals surface area contributed by atoms with E-state index in [0.717, 1.165) is 12.8 Å². The van der Waals surface area contributed by atoms with Crippen molar-refractivity contribution in [2.45, 2.75) is 25.3 Å². The second-order valence-electron chi connectivity index (χ2n) is 4.33. The molecule has 2 rings (SSSR count). The topological polar surface area (TPSA) is 119 Å². The quantitative estimate of drug-likeness (QED) is 0.501. The maximum atomic E-state index is 11.5. The molecule has 5 N–H and O–H groups in total. The first-order chi connectivity index (χ1) is 9.19. The van der Waals surface area contributed by atoms with Gasteiger partial charge in [0.1, 0.15) is 12.4 Å². The molecule has 1 aromatic heterocycles. The summed E-state index contributed by atoms with van der Waals surface area (Å²) in [5.41, 5.74) is 7.90. The monoisotopic (exact) mass is 266 g/mol. The third-order valence-electron chi connectivity index (χ3n) is 3.23. The number of carbonyl (C=O) groups is 1. The molecule has 1 fully saturated rings. The molecule has 0 saturated carbocycles. The standard InChI is InChI=1S/C11H18N6O2/c1-19-8-10(16-13)14-6-15-11(8)17-5-3-2-4-7(17)9(12)18/h6-7H,2-5,13H2,1H3,(H2,12,18)(H,14,15,16). The molecule has 2 heterocycles. The van der Waals surface area contributed by atoms with Crippen LogP contribution in [0.25, 0.3) is 0 Å². The molecule has 19 heavy (non-hydrogen) atoms. The smallest absolute Gasteiger partial charge is 0.240 e. The van der Waals surface area contributed by atoms with Crippen LogP contribution in [-0.2, 0) is 4.79 Å². The third kappa shape index (κ3) is 2.53. The lowest BCUT2D eigenvalue weighted by Crippen LogP contribution is -2.48. The summed E-state index contributed by atoms with van der Waals surface area (Å²) in [5.74, 6) is 6.36. The minimum atomic E-state index is -0.372. The number of nitrogens with one attached hydrogen (secondary N) is 1. The Kier molecular flexibility index (Phi) is 4.00. The molecule has 1 aliphatic heterocycles. The predicted molar refractivity (Wildman–Crippen MR) is 70.6 cm³/mol. The first-order valence-corrected chi connectivity index (χ1v) is 6.10. The molecule has 1 saturated heterocycles. The average molecular weight is 266 g/mol. The number of primary amides is 1. The molecule has 1 amide bonds. The molecule has 8 heteroatoms. The highest BCUT2D eigenvalue weighted by Crippen LogP contribution is 2.34. The van der Waals surface area contributed by atoms with Gasteiger partial charge in [-0.1, -0.05) is 0 Å². The van der Waals surface area contributed by atoms with Crippen LogP contribution in [0.5, 0.6) is 5.75 Å². The summed E-state index contributed by atoms with van der Waals surface area (Å²) in [7, 11) is 1.51. The van der Waals surface area contributed by atoms with E-state index >= 15 is 0 Å². The summed E-state index contributed by atoms with van der Waals surface area (Å²) in [6.45, 7) is 0.699. The van der Waals surface area contributed by atoms with Gasteiger partial charge in [-0.2, -0.15) is 0 Å². The van der Waals surface area contributed by atoms with Crippen molar-refractivity contribution in [3.05, 3.63) is 6.33 Å². The van der Waals surface area contributed by atoms with Gasteiger partial charge in [-0.3, -0.25) is 4.79 Å². The lowest BCUT2D eigenvalue weighted by atomic mass is 10.0. The number of hydrogen-bond donors (Lipinski definition) is 3. The molecule has 0 spiro atoms. The van der Waals surface area contributed by atoms with Crippen LogP contribution < -0.4 is 26.6 Å². The molecule has 0 aliphatic carbocycles. The van der Waals surface area contributed by atoms with E-state index < -0.39 is 0 Å². The third-order valence-corrected chi connectivity index (χ3v) is 3.23. The highest BCUT2D eigenvalue weighted by atomic mass is 16.5. The average Bonchev–Trinajstić information content (AvgIpc) is 2.46. The maximum absolute atomic E-state index is 11.5. The number of carbonyl (C=O) groups excluding carboxylic acids is 1. The molecule has 1 aliphatic rings. The van der Waals surface area contributed by atoms with Crippen LogP contribution in [0.2, 0.25) is 0 Å². The number of piperidine rings is 1. The van der Waals surface area contributed by atoms with Gasteiger partial charge in [-0.15, -0.1) is 0 Å². The number of anilines is 2. The van der Waals surface area contributed by atoms with Crippen molar-refractivity contribution in [1.29, 1.82) is 0 Å². The Labute approximate surface area is 111 Å². The molecular weight excluding hydrogens is 248 g/mol. The van der Waals surface area contributed by atoms with Crippen LogP contribution in [0.15, 0.2) is 6.33 Å². The SMILES string of the molecule is COc1c(NN)ncnc1N1CCCCC1C(N)=O. The van der Waals surface area contributed by atoms with Gasteiger partial charge in [0.2, 0.25) is 11.7 Å². The number of aromatic nitrogens is 2. The number of nitrogen functional groups attached to an aromatic ring is 1. The van der Waals surface area contributed by atoms with Crippen LogP contribution >= 0.6 is 0 Å². The lowest BCUT2D eigenvalue weighted by molar-refractivity contribution is -0.119. The minimum Gasteiger partial charge on any atom is -0.490 e. The second kappa shape index (κ2) is 5.70. The zero-order valence-corrected chi connectivity index (χ0v) is 10.8. The van der Waals surface area contributed by atoms with Gasteiger partial charge in [0.15, 0.2) is 11.6 Å². The van der Waals surface area contributed by atoms with E-state index in [0.29, 0.717) is 30.4 Å². The molecule has 104 valence electrons. The molecule has 1 unspecified atom stereocenters. The Balaban J connectivity index is 2.41. The normalized spacial score (nSPS) is 19.1. The highest BCUT2D eigenvalue weighted by Gasteiger charge is 2.30. The Bertz CT molecular complexity index is 466. The molecule has 0 radical (unpaired) electrons. The van der Waals surface area contributed by atoms with E-state index in [1.165, 1.54) is 13.4 Å². The van der Waals surface area contributed by atoms with Crippen molar-refractivity contribution < 1.29 is 9.53 Å². The van der Waals surface area contributed by atoms with E-state index in [1.807, 2.05) is 4.90 Å². The number of hydrogen-bond acceptors (Lipinski definition) is 7. The Morgan fingerprint density at radius 1 is 1.53 bits per heavy atom. The van der Waals surface area contributed by atoms with Gasteiger partial charge in [0.25, 0.3) is 0 Å². The van der Waals surface area contributed by atoms with Gasteiger partial charge in [-0.25, -0.2) is 15.8 Å². The molecule has 0 aromatic carbocycles. The van der Waals surface area contributed by atoms with E-state index in [1.54, 1.807) is 0 Å². The fourth-order valence-corrected chi connectivity index (χ4v) is 2.34. The van der Waals surface area contributed by atoms with Crippen LogP contribution in [0.1, 0.15) is 19.3 Å². The van der Waals surface area contributed by atoms with E-state index in [2.05, 4.69) is 15.4 Å². The second-order valence-corrected chi connectivity index (χ2v) is 4.33. The van der Waals surface area contributed by atoms with Gasteiger partial charge >= 0.3 is 0 Å². The highest BCUT2D eigenvalue weighted by molar-refractivity contribution is 5.84. The Morgan fingerprint density at radius 3 is 2.95 bits per heavy atom. The molecular formula is C11H18N6O2. The number of rotatable bonds is 4. The van der Waals surface area contributed by atoms with Gasteiger partial charge in [0, 0.05) is 6.54 Å². The summed E-state index contributed by atoms with van der Waals surface area (Å²) in [4.78, 5) is 21.6. The van der Waals surface area contributed by atoms with Gasteiger partial charge in [-0.05, 0) is 19.3 Å². The zero-order valence-electron chi connectivity index (χ0n) is 10.8. The number of amides is 1. The van der Waals surface area contributed by atoms with Gasteiger partial charge in [0.05, 0.1) is 7.11 Å². The van der Waals surface area contributed by atoms with Crippen LogP contribution in [-0.4, -0.2) is 35.6 Å². The zero-order chi connectivity index (χ0) is 13.8. The largest absolute Gasteiger partial charge is 0.490 e. The lowest BCUT2D eigenvalue weighted by Gasteiger charge is -2.35. The summed E-state index contributed by atoms with van der Waals surface area (Å²) in [5, 5.41) is 0. The molecule has 1 aromatic rings. The van der Waals surface area contributed by atoms with Crippen molar-refractivity contribution in [1.82, 2.24) is 9.97 Å². The Morgan fingerprint density at radius 2 is 2.32 bits per heavy atom. The summed E-state index contributed by atoms with van der Waals surface area (Å²) in [6.07, 6.45) is 4.04. The number of nitrogens with zero attached hydrogens (tertiary/aromatic N) is 3. The number of ether oxygens (including phenoxy) is 1. The van der Waals surface area contributed by atoms with Crippen LogP contribution in [0.3, 0.4) is 0 Å². The number of methoxy groups -OCH3 is 1. The summed E-state index contributed by atoms with van der Waals surface area (Å²) < 4.78 is 5.29. The Hall–Kier alpha value is -2.09. The van der Waals surface area contributed by atoms with E-state index in [9.17, 15) is 4.79 Å². The van der Waals surface area contributed by atoms with Crippen molar-refractivity contribution in [3.63, 3.8) is 0 Å². The van der Waals surface area contributed by atoms with Crippen LogP contribution in [0.4, 0.5) is 11.6 Å². The van der Waals surface area contributed by atoms with Crippen molar-refractivity contribution in [2.75, 3.05) is 24.0 Å². The maximum Gasteiger partial charge on any atom is 0.240 e. The van der Waals surface area contributed by atoms with Crippen molar-refractivity contribution in [3.8, 4) is 5.75 Å². The minimum absolute atomic E-state index is 0.359. The summed E-state index contributed by atoms with van der Waals surface area (Å²) in [6, 6.07) is -0.372. The van der Waals surface area contributed by atoms with E-state index in [-0.39, 0.29) is 11.9 Å². The fourth-order valence-electron chi connectivity index (χ4n) is 2.34. The van der Waals surface area contributed by atoms with E-state index in [4.69, 9.17) is 16.3 Å². The van der Waals surface area contributed by atoms with Crippen LogP contribution in [0, 0.1) is 0 Å². The molecule has 8 nitrogen and oxygen atoms in total. The number of hydrazine groups is 1. The number of nitrogens with two attached hydrogens (primary N) is 2. The van der Waals surface area contributed by atoms with Gasteiger partial charge < -0.3 is 20.8 Å². The first-order valence-electron chi connectivity index (χ1n) is 6.10. The summed E-state index contributed by atoms with van der Waals surface area (Å²) >= 11 is 0. The van der Waals surface area contributed by atoms with Crippen molar-refractivity contribution in [2.24, 2.45) is 11.6 Å². The molecule has 1 atom stereocenters.